The summed E-state index contributed by atoms with van der Waals surface area (Å²) in [4.78, 5) is 0. The van der Waals surface area contributed by atoms with Gasteiger partial charge >= 0.3 is 0 Å². The summed E-state index contributed by atoms with van der Waals surface area (Å²) in [7, 11) is 0. The lowest BCUT2D eigenvalue weighted by molar-refractivity contribution is -0.930. The molecule has 0 aliphatic carbocycles. The van der Waals surface area contributed by atoms with Crippen LogP contribution in [-0.2, 0) is 0 Å². The van der Waals surface area contributed by atoms with Crippen LogP contribution in [0.15, 0.2) is 24.3 Å². The van der Waals surface area contributed by atoms with Gasteiger partial charge in [-0.3, -0.25) is 0 Å². The molecule has 4 aliphatic heterocycles. The van der Waals surface area contributed by atoms with E-state index in [1.807, 2.05) is 24.3 Å². The quantitative estimate of drug-likeness (QED) is 0.363. The van der Waals surface area contributed by atoms with Gasteiger partial charge < -0.3 is 38.9 Å². The number of aliphatic hydroxyl groups excluding tert-OH is 4. The van der Waals surface area contributed by atoms with Crippen LogP contribution in [0.4, 0.5) is 0 Å². The van der Waals surface area contributed by atoms with Crippen molar-refractivity contribution in [2.45, 2.75) is 50.0 Å². The Labute approximate surface area is 202 Å². The van der Waals surface area contributed by atoms with E-state index in [-0.39, 0.29) is 49.3 Å². The van der Waals surface area contributed by atoms with Crippen molar-refractivity contribution < 1.29 is 38.9 Å². The van der Waals surface area contributed by atoms with Gasteiger partial charge in [0, 0.05) is 43.6 Å². The van der Waals surface area contributed by atoms with Gasteiger partial charge in [0.2, 0.25) is 0 Å². The van der Waals surface area contributed by atoms with Crippen molar-refractivity contribution in [3.63, 3.8) is 0 Å². The maximum Gasteiger partial charge on any atom is 0.137 e. The summed E-state index contributed by atoms with van der Waals surface area (Å²) in [5, 5.41) is 40.4. The Morgan fingerprint density at radius 3 is 1.59 bits per heavy atom. The second-order valence-corrected chi connectivity index (χ2v) is 11.1. The van der Waals surface area contributed by atoms with Crippen LogP contribution < -0.4 is 9.47 Å². The van der Waals surface area contributed by atoms with E-state index in [9.17, 15) is 20.4 Å². The smallest absolute Gasteiger partial charge is 0.137 e. The van der Waals surface area contributed by atoms with Gasteiger partial charge in [0.15, 0.2) is 0 Å². The lowest BCUT2D eigenvalue weighted by Crippen LogP contribution is -2.53. The molecule has 4 heterocycles. The molecule has 190 valence electrons. The minimum Gasteiger partial charge on any atom is -0.488 e. The predicted octanol–water partition coefficient (Wildman–Crippen LogP) is 0.369. The summed E-state index contributed by atoms with van der Waals surface area (Å²) in [6.45, 7) is 7.09. The summed E-state index contributed by atoms with van der Waals surface area (Å²) in [5.41, 5.74) is 0. The fourth-order valence-electron chi connectivity index (χ4n) is 7.87. The molecular formula is C26H42N2O6+2. The molecule has 4 fully saturated rings. The molecule has 0 amide bonds. The first-order chi connectivity index (χ1) is 16.5. The number of rotatable bonds is 10. The fourth-order valence-corrected chi connectivity index (χ4v) is 7.87. The maximum atomic E-state index is 10.5. The Bertz CT molecular complexity index is 778. The van der Waals surface area contributed by atoms with Crippen LogP contribution in [0.25, 0.3) is 0 Å². The molecule has 4 aliphatic rings. The highest BCUT2D eigenvalue weighted by Gasteiger charge is 2.56. The second kappa shape index (κ2) is 9.91. The molecule has 2 unspecified atom stereocenters. The van der Waals surface area contributed by atoms with E-state index >= 15 is 0 Å². The van der Waals surface area contributed by atoms with Crippen molar-refractivity contribution in [1.29, 1.82) is 0 Å². The minimum absolute atomic E-state index is 0.139. The Morgan fingerprint density at radius 1 is 0.706 bits per heavy atom. The minimum atomic E-state index is -0.317. The summed E-state index contributed by atoms with van der Waals surface area (Å²) in [6.07, 6.45) is 2.92. The van der Waals surface area contributed by atoms with Crippen molar-refractivity contribution in [2.75, 3.05) is 65.7 Å². The Kier molecular flexibility index (Phi) is 7.08. The van der Waals surface area contributed by atoms with Gasteiger partial charge in [-0.15, -0.1) is 0 Å². The van der Waals surface area contributed by atoms with E-state index in [4.69, 9.17) is 9.47 Å². The molecule has 4 saturated heterocycles. The van der Waals surface area contributed by atoms with Crippen molar-refractivity contribution in [1.82, 2.24) is 0 Å². The number of aliphatic hydroxyl groups is 4. The maximum absolute atomic E-state index is 10.5. The molecule has 0 bridgehead atoms. The molecule has 8 atom stereocenters. The summed E-state index contributed by atoms with van der Waals surface area (Å²) >= 11 is 0. The zero-order valence-corrected chi connectivity index (χ0v) is 20.2. The van der Waals surface area contributed by atoms with Crippen molar-refractivity contribution in [3.05, 3.63) is 24.3 Å². The zero-order chi connectivity index (χ0) is 23.8. The number of benzene rings is 1. The number of hydrogen-bond acceptors (Lipinski definition) is 6. The molecule has 1 aromatic carbocycles. The summed E-state index contributed by atoms with van der Waals surface area (Å²) in [5.74, 6) is 1.96. The molecule has 0 aromatic heterocycles. The number of quaternary nitrogens is 2. The van der Waals surface area contributed by atoms with Gasteiger partial charge in [-0.05, 0) is 12.1 Å². The fraction of sp³-hybridized carbons (Fsp3) is 0.769. The lowest BCUT2D eigenvalue weighted by atomic mass is 9.97. The average molecular weight is 479 g/mol. The van der Waals surface area contributed by atoms with Crippen LogP contribution in [0.1, 0.15) is 25.7 Å². The highest BCUT2D eigenvalue weighted by atomic mass is 16.5. The average Bonchev–Trinajstić information content (AvgIpc) is 3.56. The number of fused-ring (bicyclic) bond motifs is 2. The third-order valence-corrected chi connectivity index (χ3v) is 9.54. The van der Waals surface area contributed by atoms with Crippen molar-refractivity contribution in [2.24, 2.45) is 11.8 Å². The molecule has 1 aromatic rings. The first kappa shape index (κ1) is 24.3. The summed E-state index contributed by atoms with van der Waals surface area (Å²) < 4.78 is 13.9. The molecule has 8 nitrogen and oxygen atoms in total. The van der Waals surface area contributed by atoms with Crippen LogP contribution in [0.3, 0.4) is 0 Å². The highest BCUT2D eigenvalue weighted by molar-refractivity contribution is 5.32. The van der Waals surface area contributed by atoms with Gasteiger partial charge in [-0.2, -0.15) is 0 Å². The SMILES string of the molecule is OC[C@@H]1CC[N+]2(CCOc3cccc(OCC[N+]45CC[C@H](CO)[C@@H]4[C@H](O)CC5)c3)CC[C@@H](O)[C@@H]12. The molecule has 0 radical (unpaired) electrons. The molecule has 0 saturated carbocycles. The normalized spacial score (nSPS) is 40.9. The molecule has 8 heteroatoms. The molecule has 4 N–H and O–H groups in total. The largest absolute Gasteiger partial charge is 0.488 e. The van der Waals surface area contributed by atoms with E-state index < -0.39 is 0 Å². The summed E-state index contributed by atoms with van der Waals surface area (Å²) in [6, 6.07) is 8.06. The van der Waals surface area contributed by atoms with E-state index in [0.29, 0.717) is 13.2 Å². The monoisotopic (exact) mass is 478 g/mol. The second-order valence-electron chi connectivity index (χ2n) is 11.1. The lowest BCUT2D eigenvalue weighted by Gasteiger charge is -2.36. The number of nitrogens with zero attached hydrogens (tertiary/aromatic N) is 2. The molecule has 0 spiro atoms. The predicted molar refractivity (Wildman–Crippen MR) is 126 cm³/mol. The third-order valence-electron chi connectivity index (χ3n) is 9.54. The Hall–Kier alpha value is -1.42. The van der Waals surface area contributed by atoms with Crippen LogP contribution >= 0.6 is 0 Å². The first-order valence-electron chi connectivity index (χ1n) is 13.2. The van der Waals surface area contributed by atoms with Crippen LogP contribution in [-0.4, -0.2) is 119 Å². The van der Waals surface area contributed by atoms with Gasteiger partial charge in [0.1, 0.15) is 62.1 Å². The number of ether oxygens (including phenoxy) is 2. The number of hydrogen-bond donors (Lipinski definition) is 4. The standard InChI is InChI=1S/C26H42N2O6/c29-17-19-4-8-27(10-6-23(31)25(19)27)12-14-33-21-2-1-3-22(16-21)34-15-13-28-9-5-20(18-30)26(28)24(32)7-11-28/h1-3,16,19-20,23-26,29-32H,4-15,17-18H2/q+2/t19-,20+,23-,24-,25-,26-,27?,28?/m1/s1. The highest BCUT2D eigenvalue weighted by Crippen LogP contribution is 2.41. The Balaban J connectivity index is 1.13. The third kappa shape index (κ3) is 4.33. The molecular weight excluding hydrogens is 436 g/mol. The van der Waals surface area contributed by atoms with E-state index in [2.05, 4.69) is 0 Å². The van der Waals surface area contributed by atoms with Gasteiger partial charge in [0.05, 0.1) is 39.4 Å². The van der Waals surface area contributed by atoms with E-state index in [1.54, 1.807) is 0 Å². The van der Waals surface area contributed by atoms with Crippen LogP contribution in [0.5, 0.6) is 11.5 Å². The van der Waals surface area contributed by atoms with E-state index in [0.717, 1.165) is 85.4 Å². The zero-order valence-electron chi connectivity index (χ0n) is 20.2. The Morgan fingerprint density at radius 2 is 1.15 bits per heavy atom. The van der Waals surface area contributed by atoms with Crippen molar-refractivity contribution in [3.8, 4) is 11.5 Å². The first-order valence-corrected chi connectivity index (χ1v) is 13.2. The van der Waals surface area contributed by atoms with E-state index in [1.165, 1.54) is 0 Å². The molecule has 34 heavy (non-hydrogen) atoms. The molecule has 5 rings (SSSR count). The topological polar surface area (TPSA) is 99.4 Å². The van der Waals surface area contributed by atoms with Crippen molar-refractivity contribution >= 4 is 0 Å². The van der Waals surface area contributed by atoms with Crippen LogP contribution in [0, 0.1) is 11.8 Å². The van der Waals surface area contributed by atoms with Gasteiger partial charge in [0.25, 0.3) is 0 Å². The van der Waals surface area contributed by atoms with Gasteiger partial charge in [-0.1, -0.05) is 6.07 Å². The van der Waals surface area contributed by atoms with Gasteiger partial charge in [-0.25, -0.2) is 0 Å². The van der Waals surface area contributed by atoms with Crippen LogP contribution in [0.2, 0.25) is 0 Å².